The van der Waals surface area contributed by atoms with Crippen molar-refractivity contribution in [3.05, 3.63) is 80.7 Å². The number of allylic oxidation sites excluding steroid dienone is 2. The summed E-state index contributed by atoms with van der Waals surface area (Å²) in [5.74, 6) is -8.96. The Labute approximate surface area is 249 Å². The fourth-order valence-corrected chi connectivity index (χ4v) is 7.51. The van der Waals surface area contributed by atoms with Gasteiger partial charge in [0.1, 0.15) is 23.9 Å². The third-order valence-electron chi connectivity index (χ3n) is 7.08. The second kappa shape index (κ2) is 10.3. The average molecular weight is 692 g/mol. The van der Waals surface area contributed by atoms with E-state index in [-0.39, 0.29) is 17.7 Å². The number of hydrogen-bond donors (Lipinski definition) is 1. The summed E-state index contributed by atoms with van der Waals surface area (Å²) in [5, 5.41) is 5.99. The molecule has 0 aliphatic heterocycles. The van der Waals surface area contributed by atoms with Crippen molar-refractivity contribution in [2.45, 2.75) is 41.4 Å². The molecule has 2 aliphatic rings. The van der Waals surface area contributed by atoms with Crippen LogP contribution in [0.3, 0.4) is 0 Å². The zero-order chi connectivity index (χ0) is 30.1. The summed E-state index contributed by atoms with van der Waals surface area (Å²) >= 11 is 6.17. The van der Waals surface area contributed by atoms with Crippen LogP contribution in [0.25, 0.3) is 10.3 Å². The highest BCUT2D eigenvalue weighted by atomic mass is 79.9. The average Bonchev–Trinajstić information content (AvgIpc) is 3.46. The maximum atomic E-state index is 15.2. The highest BCUT2D eigenvalue weighted by molar-refractivity contribution is 9.10. The van der Waals surface area contributed by atoms with Crippen molar-refractivity contribution in [2.24, 2.45) is 5.92 Å². The van der Waals surface area contributed by atoms with Gasteiger partial charge in [0.25, 0.3) is 5.92 Å². The fraction of sp³-hybridized carbons (Fsp3) is 0.308. The lowest BCUT2D eigenvalue weighted by Gasteiger charge is -2.27. The molecule has 6 nitrogen and oxygen atoms in total. The van der Waals surface area contributed by atoms with E-state index in [2.05, 4.69) is 36.3 Å². The lowest BCUT2D eigenvalue weighted by Crippen LogP contribution is -2.35. The molecule has 1 amide bonds. The Morgan fingerprint density at radius 1 is 1.17 bits per heavy atom. The lowest BCUT2D eigenvalue weighted by atomic mass is 9.81. The van der Waals surface area contributed by atoms with Crippen molar-refractivity contribution in [1.82, 2.24) is 25.1 Å². The minimum absolute atomic E-state index is 0.142. The lowest BCUT2D eigenvalue weighted by molar-refractivity contribution is -0.142. The van der Waals surface area contributed by atoms with E-state index < -0.39 is 71.0 Å². The van der Waals surface area contributed by atoms with Gasteiger partial charge in [-0.1, -0.05) is 23.9 Å². The molecule has 0 spiro atoms. The number of hydrogen-bond acceptors (Lipinski definition) is 6. The Morgan fingerprint density at radius 3 is 2.50 bits per heavy atom. The van der Waals surface area contributed by atoms with Crippen LogP contribution >= 0.6 is 39.0 Å². The summed E-state index contributed by atoms with van der Waals surface area (Å²) < 4.78 is 102. The zero-order valence-electron chi connectivity index (χ0n) is 21.1. The number of carbonyl (C=O) groups is 1. The van der Waals surface area contributed by atoms with Crippen LogP contribution in [0.15, 0.2) is 45.2 Å². The Kier molecular flexibility index (Phi) is 7.16. The van der Waals surface area contributed by atoms with E-state index in [0.717, 1.165) is 18.2 Å². The van der Waals surface area contributed by atoms with Crippen LogP contribution in [0.5, 0.6) is 0 Å². The number of halogens is 8. The standard InChI is InChI=1S/C26H17BrF7N5OS2/c1-41-24-37-23-17(42-24)8-15(27)20(36-23)16(6-10-4-11(28)7-12(29)5-10)35-18(40)9-39-22-19(21(38-39)26(32,33)34)13-2-3-14(13)25(22,30)31/h2-5,7-8,13-14,16H,6,9H2,1H3,(H,35,40)/t13-,14+,16?/m0/s1. The Morgan fingerprint density at radius 2 is 1.88 bits per heavy atom. The predicted octanol–water partition coefficient (Wildman–Crippen LogP) is 7.14. The Hall–Kier alpha value is -2.98. The van der Waals surface area contributed by atoms with Gasteiger partial charge in [0.05, 0.1) is 22.4 Å². The maximum absolute atomic E-state index is 15.2. The molecule has 0 saturated heterocycles. The van der Waals surface area contributed by atoms with E-state index in [4.69, 9.17) is 0 Å². The quantitative estimate of drug-likeness (QED) is 0.127. The number of pyridine rings is 1. The fourth-order valence-electron chi connectivity index (χ4n) is 5.30. The van der Waals surface area contributed by atoms with Gasteiger partial charge in [-0.15, -0.1) is 11.3 Å². The molecule has 6 rings (SSSR count). The van der Waals surface area contributed by atoms with Crippen LogP contribution in [0.1, 0.15) is 40.2 Å². The second-order valence-corrected chi connectivity index (χ2v) is 12.7. The van der Waals surface area contributed by atoms with Crippen LogP contribution < -0.4 is 5.32 Å². The molecular weight excluding hydrogens is 675 g/mol. The van der Waals surface area contributed by atoms with Gasteiger partial charge in [-0.25, -0.2) is 18.7 Å². The molecular formula is C26H17BrF7N5OS2. The van der Waals surface area contributed by atoms with E-state index in [9.17, 15) is 26.7 Å². The van der Waals surface area contributed by atoms with E-state index in [1.807, 2.05) is 6.26 Å². The van der Waals surface area contributed by atoms with Crippen molar-refractivity contribution in [3.63, 3.8) is 0 Å². The monoisotopic (exact) mass is 691 g/mol. The first-order chi connectivity index (χ1) is 19.8. The van der Waals surface area contributed by atoms with Crippen LogP contribution in [-0.4, -0.2) is 31.9 Å². The first kappa shape index (κ1) is 29.1. The van der Waals surface area contributed by atoms with Crippen molar-refractivity contribution in [3.8, 4) is 0 Å². The molecule has 0 saturated carbocycles. The van der Waals surface area contributed by atoms with Gasteiger partial charge in [0.15, 0.2) is 15.7 Å². The van der Waals surface area contributed by atoms with Gasteiger partial charge in [0.2, 0.25) is 5.91 Å². The number of benzene rings is 1. The number of thioether (sulfide) groups is 1. The molecule has 1 aromatic carbocycles. The molecule has 2 aliphatic carbocycles. The normalized spacial score (nSPS) is 19.5. The second-order valence-electron chi connectivity index (χ2n) is 9.79. The molecule has 16 heteroatoms. The maximum Gasteiger partial charge on any atom is 0.435 e. The van der Waals surface area contributed by atoms with Gasteiger partial charge in [-0.2, -0.15) is 27.1 Å². The van der Waals surface area contributed by atoms with Gasteiger partial charge >= 0.3 is 6.18 Å². The Bertz CT molecular complexity index is 1750. The molecule has 3 heterocycles. The van der Waals surface area contributed by atoms with Crippen LogP contribution in [-0.2, 0) is 29.9 Å². The van der Waals surface area contributed by atoms with Gasteiger partial charge in [-0.3, -0.25) is 9.48 Å². The highest BCUT2D eigenvalue weighted by Gasteiger charge is 2.61. The van der Waals surface area contributed by atoms with Crippen LogP contribution in [0, 0.1) is 17.6 Å². The number of thiazole rings is 1. The number of rotatable bonds is 7. The molecule has 4 aromatic rings. The zero-order valence-corrected chi connectivity index (χ0v) is 24.4. The third-order valence-corrected chi connectivity index (χ3v) is 9.69. The van der Waals surface area contributed by atoms with Crippen LogP contribution in [0.4, 0.5) is 30.7 Å². The minimum Gasteiger partial charge on any atom is -0.346 e. The number of fused-ring (bicyclic) bond motifs is 4. The molecule has 42 heavy (non-hydrogen) atoms. The van der Waals surface area contributed by atoms with Gasteiger partial charge in [0, 0.05) is 22.0 Å². The third kappa shape index (κ3) is 5.00. The summed E-state index contributed by atoms with van der Waals surface area (Å²) in [6.45, 7) is -0.964. The number of nitrogens with zero attached hydrogens (tertiary/aromatic N) is 4. The van der Waals surface area contributed by atoms with Crippen molar-refractivity contribution in [1.29, 1.82) is 0 Å². The smallest absolute Gasteiger partial charge is 0.346 e. The molecule has 1 N–H and O–H groups in total. The summed E-state index contributed by atoms with van der Waals surface area (Å²) in [6.07, 6.45) is -0.968. The van der Waals surface area contributed by atoms with E-state index >= 15 is 8.78 Å². The van der Waals surface area contributed by atoms with E-state index in [1.54, 1.807) is 6.07 Å². The largest absolute Gasteiger partial charge is 0.435 e. The van der Waals surface area contributed by atoms with E-state index in [1.165, 1.54) is 29.2 Å². The molecule has 1 unspecified atom stereocenters. The number of amides is 1. The Balaban J connectivity index is 1.36. The summed E-state index contributed by atoms with van der Waals surface area (Å²) in [7, 11) is 0. The van der Waals surface area contributed by atoms with Gasteiger partial charge < -0.3 is 5.32 Å². The molecule has 3 aromatic heterocycles. The van der Waals surface area contributed by atoms with Crippen molar-refractivity contribution < 1.29 is 35.5 Å². The van der Waals surface area contributed by atoms with Gasteiger partial charge in [-0.05, 0) is 52.4 Å². The molecule has 220 valence electrons. The highest BCUT2D eigenvalue weighted by Crippen LogP contribution is 2.60. The van der Waals surface area contributed by atoms with Crippen molar-refractivity contribution >= 4 is 55.3 Å². The number of alkyl halides is 5. The molecule has 3 atom stereocenters. The number of carbonyl (C=O) groups excluding carboxylic acids is 1. The summed E-state index contributed by atoms with van der Waals surface area (Å²) in [5.41, 5.74) is -2.36. The van der Waals surface area contributed by atoms with Crippen LogP contribution in [0.2, 0.25) is 0 Å². The molecule has 0 fully saturated rings. The van der Waals surface area contributed by atoms with E-state index in [0.29, 0.717) is 29.9 Å². The molecule has 0 bridgehead atoms. The molecule has 0 radical (unpaired) electrons. The first-order valence-corrected chi connectivity index (χ1v) is 15.1. The summed E-state index contributed by atoms with van der Waals surface area (Å²) in [4.78, 5) is 22.2. The minimum atomic E-state index is -5.02. The predicted molar refractivity (Wildman–Crippen MR) is 144 cm³/mol. The van der Waals surface area contributed by atoms with Crippen molar-refractivity contribution in [2.75, 3.05) is 6.26 Å². The number of nitrogens with one attached hydrogen (secondary N) is 1. The SMILES string of the molecule is CSc1nc2nc(C(Cc3cc(F)cc(F)c3)NC(=O)Cn3nc(C(F)(F)F)c4c3C(F)(F)[C@@H]3C=C[C@H]43)c(Br)cc2s1. The number of aromatic nitrogens is 4. The first-order valence-electron chi connectivity index (χ1n) is 12.3. The summed E-state index contributed by atoms with van der Waals surface area (Å²) in [6, 6.07) is 3.42. The topological polar surface area (TPSA) is 72.7 Å².